The minimum Gasteiger partial charge on any atom is -0.368 e. The number of pyridine rings is 1. The second-order valence-electron chi connectivity index (χ2n) is 5.53. The molecular formula is C15H26N4. The van der Waals surface area contributed by atoms with Crippen molar-refractivity contribution in [3.8, 4) is 0 Å². The Bertz CT molecular complexity index is 391. The molecule has 106 valence electrons. The summed E-state index contributed by atoms with van der Waals surface area (Å²) in [6.45, 7) is 6.45. The van der Waals surface area contributed by atoms with Crippen molar-refractivity contribution in [2.45, 2.75) is 32.4 Å². The van der Waals surface area contributed by atoms with Crippen LogP contribution < -0.4 is 10.2 Å². The van der Waals surface area contributed by atoms with Crippen LogP contribution >= 0.6 is 0 Å². The van der Waals surface area contributed by atoms with E-state index < -0.39 is 0 Å². The summed E-state index contributed by atoms with van der Waals surface area (Å²) in [5.74, 6) is 0. The molecule has 0 radical (unpaired) electrons. The molecule has 19 heavy (non-hydrogen) atoms. The first kappa shape index (κ1) is 14.3. The summed E-state index contributed by atoms with van der Waals surface area (Å²) in [5.41, 5.74) is 2.67. The van der Waals surface area contributed by atoms with Gasteiger partial charge in [0.1, 0.15) is 0 Å². The lowest BCUT2D eigenvalue weighted by molar-refractivity contribution is 0.315. The van der Waals surface area contributed by atoms with Crippen LogP contribution in [0.15, 0.2) is 18.5 Å². The first-order chi connectivity index (χ1) is 9.22. The van der Waals surface area contributed by atoms with Crippen molar-refractivity contribution < 1.29 is 0 Å². The van der Waals surface area contributed by atoms with E-state index in [4.69, 9.17) is 0 Å². The molecule has 1 unspecified atom stereocenters. The second-order valence-corrected chi connectivity index (χ2v) is 5.53. The van der Waals surface area contributed by atoms with Gasteiger partial charge in [0.2, 0.25) is 0 Å². The Kier molecular flexibility index (Phi) is 5.16. The van der Waals surface area contributed by atoms with Crippen LogP contribution in [0, 0.1) is 0 Å². The summed E-state index contributed by atoms with van der Waals surface area (Å²) in [6, 6.07) is 2.80. The number of likely N-dealkylation sites (N-methyl/N-ethyl adjacent to an activating group) is 1. The average Bonchev–Trinajstić information content (AvgIpc) is 2.89. The molecule has 4 nitrogen and oxygen atoms in total. The Morgan fingerprint density at radius 2 is 2.32 bits per heavy atom. The van der Waals surface area contributed by atoms with Gasteiger partial charge in [-0.1, -0.05) is 6.92 Å². The molecule has 1 saturated heterocycles. The summed E-state index contributed by atoms with van der Waals surface area (Å²) < 4.78 is 0. The van der Waals surface area contributed by atoms with Gasteiger partial charge in [0.05, 0.1) is 11.9 Å². The largest absolute Gasteiger partial charge is 0.368 e. The first-order valence-corrected chi connectivity index (χ1v) is 7.27. The highest BCUT2D eigenvalue weighted by Gasteiger charge is 2.25. The van der Waals surface area contributed by atoms with Gasteiger partial charge in [0.25, 0.3) is 0 Å². The number of hydrogen-bond donors (Lipinski definition) is 1. The van der Waals surface area contributed by atoms with Crippen LogP contribution in [-0.4, -0.2) is 49.7 Å². The van der Waals surface area contributed by atoms with Gasteiger partial charge in [-0.15, -0.1) is 0 Å². The lowest BCUT2D eigenvalue weighted by Crippen LogP contribution is -2.32. The minimum atomic E-state index is 0.664. The molecule has 1 aliphatic rings. The van der Waals surface area contributed by atoms with Crippen LogP contribution in [0.25, 0.3) is 0 Å². The maximum atomic E-state index is 4.30. The molecule has 0 spiro atoms. The summed E-state index contributed by atoms with van der Waals surface area (Å²) in [4.78, 5) is 9.10. The van der Waals surface area contributed by atoms with E-state index in [1.807, 2.05) is 12.4 Å². The summed E-state index contributed by atoms with van der Waals surface area (Å²) in [5, 5.41) is 3.48. The van der Waals surface area contributed by atoms with Crippen LogP contribution in [0.1, 0.15) is 25.3 Å². The Hall–Kier alpha value is -1.13. The zero-order valence-corrected chi connectivity index (χ0v) is 12.4. The van der Waals surface area contributed by atoms with Gasteiger partial charge in [0.15, 0.2) is 0 Å². The van der Waals surface area contributed by atoms with Crippen molar-refractivity contribution in [2.75, 3.05) is 38.6 Å². The van der Waals surface area contributed by atoms with Gasteiger partial charge in [-0.3, -0.25) is 4.98 Å². The standard InChI is InChI=1S/C15H26N4/c1-4-7-16-10-13-5-8-17-11-15(13)19-9-6-14(12-19)18(2)3/h5,8,11,14,16H,4,6-7,9-10,12H2,1-3H3. The van der Waals surface area contributed by atoms with Gasteiger partial charge in [-0.05, 0) is 45.1 Å². The zero-order valence-electron chi connectivity index (χ0n) is 12.4. The van der Waals surface area contributed by atoms with E-state index in [1.54, 1.807) is 0 Å². The van der Waals surface area contributed by atoms with Crippen molar-refractivity contribution in [3.05, 3.63) is 24.0 Å². The van der Waals surface area contributed by atoms with E-state index in [1.165, 1.54) is 24.1 Å². The fourth-order valence-electron chi connectivity index (χ4n) is 2.63. The number of rotatable bonds is 6. The Labute approximate surface area is 116 Å². The molecule has 0 aromatic carbocycles. The molecule has 1 N–H and O–H groups in total. The zero-order chi connectivity index (χ0) is 13.7. The minimum absolute atomic E-state index is 0.664. The van der Waals surface area contributed by atoms with Crippen molar-refractivity contribution in [2.24, 2.45) is 0 Å². The van der Waals surface area contributed by atoms with Crippen LogP contribution in [0.3, 0.4) is 0 Å². The van der Waals surface area contributed by atoms with Crippen molar-refractivity contribution >= 4 is 5.69 Å². The van der Waals surface area contributed by atoms with Gasteiger partial charge in [0, 0.05) is 31.9 Å². The third-order valence-corrected chi connectivity index (χ3v) is 3.86. The summed E-state index contributed by atoms with van der Waals surface area (Å²) in [7, 11) is 4.34. The third kappa shape index (κ3) is 3.67. The van der Waals surface area contributed by atoms with Crippen LogP contribution in [-0.2, 0) is 6.54 Å². The molecule has 4 heteroatoms. The van der Waals surface area contributed by atoms with Crippen LogP contribution in [0.2, 0.25) is 0 Å². The topological polar surface area (TPSA) is 31.4 Å². The Morgan fingerprint density at radius 3 is 3.00 bits per heavy atom. The van der Waals surface area contributed by atoms with Gasteiger partial charge < -0.3 is 15.1 Å². The van der Waals surface area contributed by atoms with Gasteiger partial charge in [-0.2, -0.15) is 0 Å². The molecule has 0 bridgehead atoms. The number of aromatic nitrogens is 1. The molecule has 0 aliphatic carbocycles. The van der Waals surface area contributed by atoms with Gasteiger partial charge >= 0.3 is 0 Å². The predicted molar refractivity (Wildman–Crippen MR) is 80.5 cm³/mol. The molecule has 1 aromatic heterocycles. The fourth-order valence-corrected chi connectivity index (χ4v) is 2.63. The van der Waals surface area contributed by atoms with E-state index in [0.29, 0.717) is 6.04 Å². The molecule has 2 rings (SSSR count). The van der Waals surface area contributed by atoms with E-state index in [9.17, 15) is 0 Å². The first-order valence-electron chi connectivity index (χ1n) is 7.27. The average molecular weight is 262 g/mol. The van der Waals surface area contributed by atoms with E-state index >= 15 is 0 Å². The highest BCUT2D eigenvalue weighted by molar-refractivity contribution is 5.52. The normalized spacial score (nSPS) is 19.4. The molecule has 0 amide bonds. The maximum absolute atomic E-state index is 4.30. The highest BCUT2D eigenvalue weighted by Crippen LogP contribution is 2.24. The molecule has 1 fully saturated rings. The fraction of sp³-hybridized carbons (Fsp3) is 0.667. The number of hydrogen-bond acceptors (Lipinski definition) is 4. The molecule has 0 saturated carbocycles. The van der Waals surface area contributed by atoms with Crippen LogP contribution in [0.4, 0.5) is 5.69 Å². The second kappa shape index (κ2) is 6.87. The van der Waals surface area contributed by atoms with Crippen molar-refractivity contribution in [3.63, 3.8) is 0 Å². The van der Waals surface area contributed by atoms with Crippen molar-refractivity contribution in [1.82, 2.24) is 15.2 Å². The van der Waals surface area contributed by atoms with E-state index in [-0.39, 0.29) is 0 Å². The summed E-state index contributed by atoms with van der Waals surface area (Å²) >= 11 is 0. The number of nitrogens with zero attached hydrogens (tertiary/aromatic N) is 3. The quantitative estimate of drug-likeness (QED) is 0.791. The molecular weight excluding hydrogens is 236 g/mol. The highest BCUT2D eigenvalue weighted by atomic mass is 15.2. The van der Waals surface area contributed by atoms with E-state index in [0.717, 1.165) is 26.2 Å². The van der Waals surface area contributed by atoms with Crippen LogP contribution in [0.5, 0.6) is 0 Å². The molecule has 1 aliphatic heterocycles. The smallest absolute Gasteiger partial charge is 0.0598 e. The van der Waals surface area contributed by atoms with E-state index in [2.05, 4.69) is 47.2 Å². The third-order valence-electron chi connectivity index (χ3n) is 3.86. The summed E-state index contributed by atoms with van der Waals surface area (Å²) in [6.07, 6.45) is 6.32. The number of anilines is 1. The predicted octanol–water partition coefficient (Wildman–Crippen LogP) is 1.72. The molecule has 1 atom stereocenters. The molecule has 1 aromatic rings. The monoisotopic (exact) mass is 262 g/mol. The lowest BCUT2D eigenvalue weighted by Gasteiger charge is -2.23. The maximum Gasteiger partial charge on any atom is 0.0598 e. The Morgan fingerprint density at radius 1 is 1.47 bits per heavy atom. The molecule has 2 heterocycles. The number of nitrogens with one attached hydrogen (secondary N) is 1. The SMILES string of the molecule is CCCNCc1ccncc1N1CCC(N(C)C)C1. The lowest BCUT2D eigenvalue weighted by atomic mass is 10.2. The Balaban J connectivity index is 2.03. The van der Waals surface area contributed by atoms with Gasteiger partial charge in [-0.25, -0.2) is 0 Å². The van der Waals surface area contributed by atoms with Crippen molar-refractivity contribution in [1.29, 1.82) is 0 Å².